The van der Waals surface area contributed by atoms with Crippen LogP contribution in [0.4, 0.5) is 14.5 Å². The van der Waals surface area contributed by atoms with Crippen molar-refractivity contribution >= 4 is 29.2 Å². The average Bonchev–Trinajstić information content (AvgIpc) is 2.41. The largest absolute Gasteiger partial charge is 0.462 e. The zero-order valence-electron chi connectivity index (χ0n) is 11.4. The smallest absolute Gasteiger partial charge is 0.382 e. The zero-order chi connectivity index (χ0) is 16.2. The Morgan fingerprint density at radius 2 is 1.81 bits per heavy atom. The predicted octanol–water partition coefficient (Wildman–Crippen LogP) is 2.75. The van der Waals surface area contributed by atoms with Crippen molar-refractivity contribution in [1.82, 2.24) is 0 Å². The number of carbonyl (C=O) groups excluding carboxylic acids is 2. The minimum atomic E-state index is -4.02. The molecule has 0 heterocycles. The van der Waals surface area contributed by atoms with Crippen molar-refractivity contribution in [2.75, 3.05) is 18.9 Å². The number of alkyl halides is 2. The van der Waals surface area contributed by atoms with E-state index in [1.54, 1.807) is 6.92 Å². The van der Waals surface area contributed by atoms with Gasteiger partial charge in [0, 0.05) is 5.02 Å². The molecule has 0 saturated heterocycles. The van der Waals surface area contributed by atoms with Crippen molar-refractivity contribution in [2.24, 2.45) is 0 Å². The van der Waals surface area contributed by atoms with Crippen LogP contribution in [-0.4, -0.2) is 25.2 Å². The Morgan fingerprint density at radius 3 is 2.33 bits per heavy atom. The van der Waals surface area contributed by atoms with Crippen molar-refractivity contribution in [2.45, 2.75) is 19.8 Å². The molecule has 0 aliphatic heterocycles. The lowest BCUT2D eigenvalue weighted by Gasteiger charge is -2.18. The molecule has 8 heteroatoms. The van der Waals surface area contributed by atoms with Gasteiger partial charge >= 0.3 is 17.9 Å². The third kappa shape index (κ3) is 3.60. The van der Waals surface area contributed by atoms with Gasteiger partial charge in [0.05, 0.1) is 30.0 Å². The van der Waals surface area contributed by atoms with Crippen LogP contribution < -0.4 is 5.73 Å². The van der Waals surface area contributed by atoms with E-state index in [9.17, 15) is 18.4 Å². The number of hydrogen-bond acceptors (Lipinski definition) is 5. The first-order valence-electron chi connectivity index (χ1n) is 6.07. The number of rotatable bonds is 5. The molecule has 5 nitrogen and oxygen atoms in total. The van der Waals surface area contributed by atoms with Gasteiger partial charge in [-0.1, -0.05) is 11.6 Å². The van der Waals surface area contributed by atoms with E-state index in [2.05, 4.69) is 4.74 Å². The van der Waals surface area contributed by atoms with Gasteiger partial charge in [0.1, 0.15) is 0 Å². The van der Waals surface area contributed by atoms with Crippen LogP contribution in [-0.2, 0) is 20.2 Å². The van der Waals surface area contributed by atoms with Crippen LogP contribution in [0.15, 0.2) is 12.1 Å². The molecule has 0 radical (unpaired) electrons. The third-order valence-electron chi connectivity index (χ3n) is 2.51. The number of nitrogens with two attached hydrogens (primary N) is 1. The summed E-state index contributed by atoms with van der Waals surface area (Å²) in [5, 5.41) is -0.175. The molecule has 0 aliphatic carbocycles. The summed E-state index contributed by atoms with van der Waals surface area (Å²) < 4.78 is 37.1. The molecular weight excluding hydrogens is 308 g/mol. The Kier molecular flexibility index (Phi) is 5.48. The molecule has 0 amide bonds. The van der Waals surface area contributed by atoms with Crippen LogP contribution in [0.5, 0.6) is 0 Å². The Labute approximate surface area is 125 Å². The fourth-order valence-electron chi connectivity index (χ4n) is 1.59. The maximum Gasteiger partial charge on any atom is 0.382 e. The molecule has 0 aliphatic rings. The normalized spacial score (nSPS) is 11.1. The molecule has 0 saturated carbocycles. The molecule has 21 heavy (non-hydrogen) atoms. The van der Waals surface area contributed by atoms with Gasteiger partial charge in [-0.25, -0.2) is 9.59 Å². The maximum atomic E-state index is 14.0. The van der Waals surface area contributed by atoms with Gasteiger partial charge in [0.2, 0.25) is 0 Å². The van der Waals surface area contributed by atoms with Crippen LogP contribution in [0.3, 0.4) is 0 Å². The minimum absolute atomic E-state index is 0.0361. The zero-order valence-corrected chi connectivity index (χ0v) is 12.2. The molecule has 1 rings (SSSR count). The third-order valence-corrected chi connectivity index (χ3v) is 2.73. The Hall–Kier alpha value is -1.89. The van der Waals surface area contributed by atoms with Gasteiger partial charge in [0.25, 0.3) is 0 Å². The topological polar surface area (TPSA) is 78.6 Å². The van der Waals surface area contributed by atoms with Crippen LogP contribution >= 0.6 is 11.6 Å². The average molecular weight is 322 g/mol. The molecule has 0 atom stereocenters. The van der Waals surface area contributed by atoms with Gasteiger partial charge in [0.15, 0.2) is 0 Å². The van der Waals surface area contributed by atoms with Crippen molar-refractivity contribution in [3.05, 3.63) is 28.3 Å². The molecule has 1 aromatic rings. The van der Waals surface area contributed by atoms with E-state index in [0.29, 0.717) is 0 Å². The molecule has 0 spiro atoms. The first-order valence-corrected chi connectivity index (χ1v) is 6.45. The molecule has 0 unspecified atom stereocenters. The SMILES string of the molecule is CCOC(=O)c1cc(Cl)cc(C(F)(F)C(=O)OCC)c1N. The molecule has 2 N–H and O–H groups in total. The van der Waals surface area contributed by atoms with Gasteiger partial charge < -0.3 is 15.2 Å². The molecular formula is C13H14ClF2NO4. The van der Waals surface area contributed by atoms with Crippen LogP contribution in [0.2, 0.25) is 5.02 Å². The Balaban J connectivity index is 3.37. The molecule has 116 valence electrons. The Morgan fingerprint density at radius 1 is 1.24 bits per heavy atom. The monoisotopic (exact) mass is 321 g/mol. The number of hydrogen-bond donors (Lipinski definition) is 1. The van der Waals surface area contributed by atoms with Crippen LogP contribution in [0.1, 0.15) is 29.8 Å². The van der Waals surface area contributed by atoms with Crippen molar-refractivity contribution in [1.29, 1.82) is 0 Å². The summed E-state index contributed by atoms with van der Waals surface area (Å²) in [5.41, 5.74) is 3.76. The van der Waals surface area contributed by atoms with Crippen molar-refractivity contribution in [3.63, 3.8) is 0 Å². The van der Waals surface area contributed by atoms with E-state index < -0.39 is 29.1 Å². The summed E-state index contributed by atoms with van der Waals surface area (Å²) in [7, 11) is 0. The highest BCUT2D eigenvalue weighted by Gasteiger charge is 2.45. The van der Waals surface area contributed by atoms with Gasteiger partial charge in [-0.2, -0.15) is 8.78 Å². The number of nitrogen functional groups attached to an aromatic ring is 1. The second-order valence-corrected chi connectivity index (χ2v) is 4.37. The summed E-state index contributed by atoms with van der Waals surface area (Å²) in [4.78, 5) is 23.0. The minimum Gasteiger partial charge on any atom is -0.462 e. The first-order chi connectivity index (χ1) is 9.75. The summed E-state index contributed by atoms with van der Waals surface area (Å²) in [6, 6.07) is 1.91. The highest BCUT2D eigenvalue weighted by atomic mass is 35.5. The predicted molar refractivity (Wildman–Crippen MR) is 72.3 cm³/mol. The number of benzene rings is 1. The molecule has 1 aromatic carbocycles. The highest BCUT2D eigenvalue weighted by molar-refractivity contribution is 6.31. The fraction of sp³-hybridized carbons (Fsp3) is 0.385. The standard InChI is InChI=1S/C13H14ClF2NO4/c1-3-20-11(18)8-5-7(14)6-9(10(8)17)13(15,16)12(19)21-4-2/h5-6H,3-4,17H2,1-2H3. The van der Waals surface area contributed by atoms with E-state index in [1.165, 1.54) is 6.92 Å². The summed E-state index contributed by atoms with van der Waals surface area (Å²) in [5.74, 6) is -6.70. The molecule has 0 aromatic heterocycles. The molecule has 0 bridgehead atoms. The summed E-state index contributed by atoms with van der Waals surface area (Å²) in [6.07, 6.45) is 0. The van der Waals surface area contributed by atoms with Crippen LogP contribution in [0.25, 0.3) is 0 Å². The second-order valence-electron chi connectivity index (χ2n) is 3.93. The van der Waals surface area contributed by atoms with Crippen LogP contribution in [0, 0.1) is 0 Å². The second kappa shape index (κ2) is 6.71. The van der Waals surface area contributed by atoms with Gasteiger partial charge in [-0.05, 0) is 26.0 Å². The van der Waals surface area contributed by atoms with Gasteiger partial charge in [-0.15, -0.1) is 0 Å². The number of anilines is 1. The Bertz CT molecular complexity index is 563. The van der Waals surface area contributed by atoms with E-state index in [0.717, 1.165) is 12.1 Å². The quantitative estimate of drug-likeness (QED) is 0.666. The fourth-order valence-corrected chi connectivity index (χ4v) is 1.81. The van der Waals surface area contributed by atoms with E-state index >= 15 is 0 Å². The number of ether oxygens (including phenoxy) is 2. The number of carbonyl (C=O) groups is 2. The number of halogens is 3. The lowest BCUT2D eigenvalue weighted by molar-refractivity contribution is -0.173. The van der Waals surface area contributed by atoms with E-state index in [1.807, 2.05) is 0 Å². The van der Waals surface area contributed by atoms with Crippen molar-refractivity contribution in [3.8, 4) is 0 Å². The van der Waals surface area contributed by atoms with E-state index in [4.69, 9.17) is 22.1 Å². The van der Waals surface area contributed by atoms with E-state index in [-0.39, 0.29) is 23.8 Å². The summed E-state index contributed by atoms with van der Waals surface area (Å²) >= 11 is 5.71. The van der Waals surface area contributed by atoms with Gasteiger partial charge in [-0.3, -0.25) is 0 Å². The highest BCUT2D eigenvalue weighted by Crippen LogP contribution is 2.37. The lowest BCUT2D eigenvalue weighted by Crippen LogP contribution is -2.30. The lowest BCUT2D eigenvalue weighted by atomic mass is 10.0. The number of esters is 2. The summed E-state index contributed by atoms with van der Waals surface area (Å²) in [6.45, 7) is 2.75. The van der Waals surface area contributed by atoms with Crippen molar-refractivity contribution < 1.29 is 27.8 Å². The molecule has 0 fully saturated rings. The maximum absolute atomic E-state index is 14.0. The first kappa shape index (κ1) is 17.2.